The Kier molecular flexibility index (Phi) is 16.9. The molecular weight excluding hydrogens is 632 g/mol. The molecule has 49 heavy (non-hydrogen) atoms. The normalized spacial score (nSPS) is 15.4. The molecule has 2 aromatic rings. The van der Waals surface area contributed by atoms with E-state index in [4.69, 9.17) is 16.3 Å². The number of hydrogen-bond acceptors (Lipinski definition) is 4. The highest BCUT2D eigenvalue weighted by Crippen LogP contribution is 2.25. The molecule has 0 radical (unpaired) electrons. The average molecular weight is 685 g/mol. The summed E-state index contributed by atoms with van der Waals surface area (Å²) in [5, 5.41) is 0.571. The number of ether oxygens (including phenoxy) is 1. The smallest absolute Gasteiger partial charge is 0.266 e. The van der Waals surface area contributed by atoms with Gasteiger partial charge in [-0.15, -0.1) is 0 Å². The van der Waals surface area contributed by atoms with Crippen molar-refractivity contribution in [2.45, 2.75) is 90.2 Å². The Morgan fingerprint density at radius 1 is 0.816 bits per heavy atom. The minimum absolute atomic E-state index is 0.0651. The zero-order chi connectivity index (χ0) is 35.5. The summed E-state index contributed by atoms with van der Waals surface area (Å²) in [6, 6.07) is 13.5. The molecular formula is C42H53ClN2O4. The highest BCUT2D eigenvalue weighted by atomic mass is 35.5. The monoisotopic (exact) mass is 684 g/mol. The first kappa shape index (κ1) is 39.3. The quantitative estimate of drug-likeness (QED) is 0.0840. The molecule has 0 aliphatic carbocycles. The van der Waals surface area contributed by atoms with Gasteiger partial charge in [-0.05, 0) is 114 Å². The van der Waals surface area contributed by atoms with Crippen LogP contribution in [0.3, 0.4) is 0 Å². The fourth-order valence-corrected chi connectivity index (χ4v) is 5.68. The molecule has 6 nitrogen and oxygen atoms in total. The predicted octanol–water partition coefficient (Wildman–Crippen LogP) is 9.71. The number of unbranched alkanes of at least 4 members (excludes halogenated alkanes) is 1. The van der Waals surface area contributed by atoms with E-state index in [9.17, 15) is 14.4 Å². The molecule has 1 unspecified atom stereocenters. The number of halogens is 1. The minimum Gasteiger partial charge on any atom is -0.478 e. The summed E-state index contributed by atoms with van der Waals surface area (Å²) >= 11 is 5.94. The molecule has 7 heteroatoms. The van der Waals surface area contributed by atoms with Gasteiger partial charge in [0.1, 0.15) is 5.75 Å². The number of likely N-dealkylation sites (tertiary alicyclic amines) is 1. The Hall–Kier alpha value is -4.16. The number of rotatable bonds is 19. The van der Waals surface area contributed by atoms with Crippen LogP contribution in [0.2, 0.25) is 5.02 Å². The summed E-state index contributed by atoms with van der Waals surface area (Å²) < 4.78 is 6.10. The summed E-state index contributed by atoms with van der Waals surface area (Å²) in [4.78, 5) is 42.7. The van der Waals surface area contributed by atoms with E-state index in [2.05, 4.69) is 67.7 Å². The van der Waals surface area contributed by atoms with Crippen molar-refractivity contribution in [3.8, 4) is 5.75 Å². The number of ketones is 1. The molecule has 1 aliphatic rings. The third-order valence-electron chi connectivity index (χ3n) is 8.41. The van der Waals surface area contributed by atoms with Crippen LogP contribution in [-0.4, -0.2) is 59.2 Å². The average Bonchev–Trinajstić information content (AvgIpc) is 3.60. The molecule has 262 valence electrons. The first-order valence-electron chi connectivity index (χ1n) is 17.5. The standard InChI is InChI=1S/C42H53ClN2O4/c1-5-6-7-8-9-10-11-12-13-14-15-16-17-18-19-20-21-22-39(46)45-32-31-37(33-45)44(4)41(48)42(2,3)49-38-29-25-35(26-30-38)40(47)34-23-27-36(43)28-24-34/h6-7,9-10,12-13,15-16,18-19,23-30,37H,5,8,11,14,17,20-22,31-33H2,1-4H3. The van der Waals surface area contributed by atoms with Gasteiger partial charge < -0.3 is 14.5 Å². The lowest BCUT2D eigenvalue weighted by atomic mass is 10.0. The number of hydrogen-bond donors (Lipinski definition) is 0. The second-order valence-electron chi connectivity index (χ2n) is 12.8. The third-order valence-corrected chi connectivity index (χ3v) is 8.67. The van der Waals surface area contributed by atoms with E-state index in [0.29, 0.717) is 41.4 Å². The van der Waals surface area contributed by atoms with Crippen LogP contribution in [0.25, 0.3) is 0 Å². The second kappa shape index (κ2) is 21.0. The summed E-state index contributed by atoms with van der Waals surface area (Å²) in [6.45, 7) is 6.80. The maximum absolute atomic E-state index is 13.5. The Labute approximate surface area is 298 Å². The van der Waals surface area contributed by atoms with Crippen molar-refractivity contribution in [1.82, 2.24) is 9.80 Å². The van der Waals surface area contributed by atoms with Crippen LogP contribution in [0.5, 0.6) is 5.75 Å². The summed E-state index contributed by atoms with van der Waals surface area (Å²) in [7, 11) is 1.78. The first-order valence-corrected chi connectivity index (χ1v) is 17.9. The van der Waals surface area contributed by atoms with Gasteiger partial charge in [0.15, 0.2) is 11.4 Å². The van der Waals surface area contributed by atoms with E-state index in [-0.39, 0.29) is 23.6 Å². The molecule has 0 bridgehead atoms. The van der Waals surface area contributed by atoms with Crippen molar-refractivity contribution in [2.75, 3.05) is 20.1 Å². The maximum atomic E-state index is 13.5. The van der Waals surface area contributed by atoms with E-state index < -0.39 is 5.60 Å². The van der Waals surface area contributed by atoms with Crippen molar-refractivity contribution < 1.29 is 19.1 Å². The SMILES string of the molecule is CCC=CCC=CCC=CCC=CCC=CCCCC(=O)N1CCC(N(C)C(=O)C(C)(C)Oc2ccc(C(=O)c3ccc(Cl)cc3)cc2)C1. The molecule has 0 N–H and O–H groups in total. The van der Waals surface area contributed by atoms with Gasteiger partial charge in [-0.25, -0.2) is 0 Å². The lowest BCUT2D eigenvalue weighted by Crippen LogP contribution is -2.51. The highest BCUT2D eigenvalue weighted by Gasteiger charge is 2.38. The Morgan fingerprint density at radius 3 is 1.88 bits per heavy atom. The van der Waals surface area contributed by atoms with E-state index in [1.807, 2.05) is 4.90 Å². The molecule has 2 aromatic carbocycles. The van der Waals surface area contributed by atoms with Crippen LogP contribution in [0.4, 0.5) is 0 Å². The van der Waals surface area contributed by atoms with E-state index in [1.54, 1.807) is 74.3 Å². The number of likely N-dealkylation sites (N-methyl/N-ethyl adjacent to an activating group) is 1. The molecule has 3 rings (SSSR count). The molecule has 0 aromatic heterocycles. The predicted molar refractivity (Wildman–Crippen MR) is 202 cm³/mol. The summed E-state index contributed by atoms with van der Waals surface area (Å²) in [5.41, 5.74) is -0.0659. The van der Waals surface area contributed by atoms with Crippen molar-refractivity contribution in [1.29, 1.82) is 0 Å². The van der Waals surface area contributed by atoms with Gasteiger partial charge in [0.05, 0.1) is 6.04 Å². The highest BCUT2D eigenvalue weighted by molar-refractivity contribution is 6.30. The van der Waals surface area contributed by atoms with Crippen LogP contribution in [-0.2, 0) is 9.59 Å². The fraction of sp³-hybridized carbons (Fsp3) is 0.405. The number of carbonyl (C=O) groups excluding carboxylic acids is 3. The van der Waals surface area contributed by atoms with Crippen LogP contribution in [0.1, 0.15) is 94.5 Å². The lowest BCUT2D eigenvalue weighted by Gasteiger charge is -2.33. The maximum Gasteiger partial charge on any atom is 0.266 e. The Morgan fingerprint density at radius 2 is 1.33 bits per heavy atom. The summed E-state index contributed by atoms with van der Waals surface area (Å²) in [6.07, 6.45) is 29.7. The van der Waals surface area contributed by atoms with Crippen molar-refractivity contribution in [2.24, 2.45) is 0 Å². The Bertz CT molecular complexity index is 1490. The molecule has 1 aliphatic heterocycles. The largest absolute Gasteiger partial charge is 0.478 e. The minimum atomic E-state index is -1.13. The second-order valence-corrected chi connectivity index (χ2v) is 13.2. The van der Waals surface area contributed by atoms with Crippen LogP contribution in [0, 0.1) is 0 Å². The molecule has 1 atom stereocenters. The zero-order valence-electron chi connectivity index (χ0n) is 29.7. The first-order chi connectivity index (χ1) is 23.6. The molecule has 0 saturated carbocycles. The fourth-order valence-electron chi connectivity index (χ4n) is 5.55. The number of allylic oxidation sites excluding steroid dienone is 10. The Balaban J connectivity index is 1.33. The number of benzene rings is 2. The molecule has 1 fully saturated rings. The van der Waals surface area contributed by atoms with Gasteiger partial charge in [-0.1, -0.05) is 79.3 Å². The molecule has 2 amide bonds. The van der Waals surface area contributed by atoms with Gasteiger partial charge >= 0.3 is 0 Å². The van der Waals surface area contributed by atoms with E-state index in [1.165, 1.54) is 0 Å². The van der Waals surface area contributed by atoms with Crippen molar-refractivity contribution >= 4 is 29.2 Å². The number of nitrogens with zero attached hydrogens (tertiary/aromatic N) is 2. The van der Waals surface area contributed by atoms with Crippen molar-refractivity contribution in [3.05, 3.63) is 125 Å². The van der Waals surface area contributed by atoms with Crippen LogP contribution >= 0.6 is 11.6 Å². The van der Waals surface area contributed by atoms with Crippen molar-refractivity contribution in [3.63, 3.8) is 0 Å². The lowest BCUT2D eigenvalue weighted by molar-refractivity contribution is -0.146. The van der Waals surface area contributed by atoms with Crippen LogP contribution < -0.4 is 4.74 Å². The zero-order valence-corrected chi connectivity index (χ0v) is 30.4. The number of carbonyl (C=O) groups is 3. The van der Waals surface area contributed by atoms with Gasteiger partial charge in [-0.3, -0.25) is 14.4 Å². The molecule has 1 saturated heterocycles. The van der Waals surface area contributed by atoms with Gasteiger partial charge in [0, 0.05) is 42.7 Å². The third kappa shape index (κ3) is 13.7. The topological polar surface area (TPSA) is 66.9 Å². The van der Waals surface area contributed by atoms with E-state index in [0.717, 1.165) is 51.4 Å². The van der Waals surface area contributed by atoms with Gasteiger partial charge in [0.2, 0.25) is 5.91 Å². The van der Waals surface area contributed by atoms with Crippen LogP contribution in [0.15, 0.2) is 109 Å². The van der Waals surface area contributed by atoms with Gasteiger partial charge in [0.25, 0.3) is 5.91 Å². The van der Waals surface area contributed by atoms with E-state index >= 15 is 0 Å². The van der Waals surface area contributed by atoms with Gasteiger partial charge in [-0.2, -0.15) is 0 Å². The molecule has 0 spiro atoms. The molecule has 1 heterocycles. The summed E-state index contributed by atoms with van der Waals surface area (Å²) in [5.74, 6) is 0.355. The number of amides is 2.